The lowest BCUT2D eigenvalue weighted by atomic mass is 9.90. The first-order chi connectivity index (χ1) is 20.4. The summed E-state index contributed by atoms with van der Waals surface area (Å²) in [5.74, 6) is -0.846. The molecule has 0 fully saturated rings. The van der Waals surface area contributed by atoms with E-state index < -0.39 is 41.1 Å². The molecule has 0 bridgehead atoms. The Balaban J connectivity index is 2.18. The van der Waals surface area contributed by atoms with Gasteiger partial charge in [0.25, 0.3) is 5.91 Å². The maximum absolute atomic E-state index is 14.8. The summed E-state index contributed by atoms with van der Waals surface area (Å²) in [6.45, 7) is 16.5. The Morgan fingerprint density at radius 3 is 2.05 bits per heavy atom. The highest BCUT2D eigenvalue weighted by Gasteiger charge is 2.42. The number of alkyl carbamates (subject to hydrolysis) is 1. The molecule has 0 aromatic heterocycles. The summed E-state index contributed by atoms with van der Waals surface area (Å²) in [5, 5.41) is 15.9. The summed E-state index contributed by atoms with van der Waals surface area (Å²) >= 11 is 6.50. The predicted octanol–water partition coefficient (Wildman–Crippen LogP) is 7.41. The Morgan fingerprint density at radius 1 is 0.886 bits per heavy atom. The number of nitrogens with one attached hydrogen (secondary N) is 2. The molecule has 3 amide bonds. The predicted molar refractivity (Wildman–Crippen MR) is 175 cm³/mol. The van der Waals surface area contributed by atoms with Crippen LogP contribution in [0.1, 0.15) is 75.4 Å². The highest BCUT2D eigenvalue weighted by molar-refractivity contribution is 6.34. The number of ether oxygens (including phenoxy) is 1. The van der Waals surface area contributed by atoms with Gasteiger partial charge in [0.05, 0.1) is 10.7 Å². The summed E-state index contributed by atoms with van der Waals surface area (Å²) in [6.07, 6.45) is -0.668. The second-order valence-electron chi connectivity index (χ2n) is 13.1. The van der Waals surface area contributed by atoms with Crippen LogP contribution in [-0.4, -0.2) is 45.1 Å². The Labute approximate surface area is 265 Å². The van der Waals surface area contributed by atoms with E-state index in [0.29, 0.717) is 21.8 Å². The Hall–Kier alpha value is -4.04. The van der Waals surface area contributed by atoms with Crippen molar-refractivity contribution >= 4 is 35.2 Å². The molecule has 3 aromatic carbocycles. The molecule has 0 heterocycles. The summed E-state index contributed by atoms with van der Waals surface area (Å²) in [4.78, 5) is 43.7. The molecule has 236 valence electrons. The van der Waals surface area contributed by atoms with Crippen LogP contribution in [0.4, 0.5) is 10.5 Å². The number of aryl methyl sites for hydroxylation is 2. The summed E-state index contributed by atoms with van der Waals surface area (Å²) in [7, 11) is 0. The van der Waals surface area contributed by atoms with Crippen molar-refractivity contribution in [3.05, 3.63) is 93.5 Å². The summed E-state index contributed by atoms with van der Waals surface area (Å²) in [6, 6.07) is 15.2. The minimum absolute atomic E-state index is 0.0783. The number of nitrogens with zero attached hydrogens (tertiary/aromatic N) is 1. The smallest absolute Gasteiger partial charge is 0.408 e. The molecule has 0 aliphatic heterocycles. The number of phenolic OH excluding ortho intramolecular Hbond substituents is 1. The van der Waals surface area contributed by atoms with Crippen LogP contribution in [-0.2, 0) is 20.7 Å². The number of hydrogen-bond donors (Lipinski definition) is 3. The maximum Gasteiger partial charge on any atom is 0.408 e. The number of amides is 3. The number of carbonyl (C=O) groups excluding carboxylic acids is 3. The van der Waals surface area contributed by atoms with E-state index >= 15 is 0 Å². The first-order valence-corrected chi connectivity index (χ1v) is 15.0. The number of carbonyl (C=O) groups is 3. The fourth-order valence-corrected chi connectivity index (χ4v) is 5.25. The van der Waals surface area contributed by atoms with Crippen molar-refractivity contribution in [3.8, 4) is 5.75 Å². The van der Waals surface area contributed by atoms with Gasteiger partial charge in [0.2, 0.25) is 5.91 Å². The number of aromatic hydroxyl groups is 1. The minimum atomic E-state index is -1.10. The molecule has 0 saturated carbocycles. The maximum atomic E-state index is 14.8. The molecule has 0 spiro atoms. The fraction of sp³-hybridized carbons (Fsp3) is 0.400. The van der Waals surface area contributed by atoms with Crippen LogP contribution in [0.15, 0.2) is 60.7 Å². The SMILES string of the molecule is Cc1cccc(C(C(=O)Nc2c(C)cccc2Cl)N(C(=O)C(Cc2ccc(O)cc2)NC(=O)OC(C)(C)C)C(C)(C)C)c1C. The van der Waals surface area contributed by atoms with Crippen LogP contribution in [0, 0.1) is 20.8 Å². The van der Waals surface area contributed by atoms with Crippen LogP contribution < -0.4 is 10.6 Å². The van der Waals surface area contributed by atoms with Crippen molar-refractivity contribution in [2.45, 2.75) is 92.0 Å². The second kappa shape index (κ2) is 13.7. The fourth-order valence-electron chi connectivity index (χ4n) is 4.98. The number of hydrogen-bond acceptors (Lipinski definition) is 5. The van der Waals surface area contributed by atoms with Gasteiger partial charge in [-0.25, -0.2) is 4.79 Å². The van der Waals surface area contributed by atoms with E-state index in [9.17, 15) is 19.5 Å². The molecule has 3 rings (SSSR count). The zero-order chi connectivity index (χ0) is 33.0. The van der Waals surface area contributed by atoms with E-state index in [4.69, 9.17) is 16.3 Å². The van der Waals surface area contributed by atoms with Gasteiger partial charge in [0, 0.05) is 12.0 Å². The quantitative estimate of drug-likeness (QED) is 0.243. The van der Waals surface area contributed by atoms with Gasteiger partial charge in [-0.15, -0.1) is 0 Å². The molecule has 0 saturated heterocycles. The van der Waals surface area contributed by atoms with E-state index in [1.54, 1.807) is 45.0 Å². The van der Waals surface area contributed by atoms with Crippen LogP contribution in [0.2, 0.25) is 5.02 Å². The van der Waals surface area contributed by atoms with Crippen molar-refractivity contribution < 1.29 is 24.2 Å². The van der Waals surface area contributed by atoms with E-state index in [-0.39, 0.29) is 12.2 Å². The van der Waals surface area contributed by atoms with Crippen molar-refractivity contribution in [2.75, 3.05) is 5.32 Å². The number of phenols is 1. The molecule has 0 aliphatic carbocycles. The largest absolute Gasteiger partial charge is 0.508 e. The lowest BCUT2D eigenvalue weighted by Gasteiger charge is -2.43. The first-order valence-electron chi connectivity index (χ1n) is 14.6. The lowest BCUT2D eigenvalue weighted by Crippen LogP contribution is -2.58. The van der Waals surface area contributed by atoms with Gasteiger partial charge < -0.3 is 25.4 Å². The van der Waals surface area contributed by atoms with E-state index in [1.165, 1.54) is 17.0 Å². The van der Waals surface area contributed by atoms with Gasteiger partial charge in [0.15, 0.2) is 0 Å². The Bertz CT molecular complexity index is 1490. The zero-order valence-corrected chi connectivity index (χ0v) is 27.8. The second-order valence-corrected chi connectivity index (χ2v) is 13.5. The average molecular weight is 622 g/mol. The molecule has 3 aromatic rings. The number of para-hydroxylation sites is 1. The third-order valence-electron chi connectivity index (χ3n) is 7.24. The first kappa shape index (κ1) is 34.5. The Kier molecular flexibility index (Phi) is 10.7. The van der Waals surface area contributed by atoms with Gasteiger partial charge in [-0.1, -0.05) is 54.1 Å². The van der Waals surface area contributed by atoms with E-state index in [1.807, 2.05) is 65.8 Å². The molecule has 44 heavy (non-hydrogen) atoms. The van der Waals surface area contributed by atoms with E-state index in [0.717, 1.165) is 16.7 Å². The number of benzene rings is 3. The highest BCUT2D eigenvalue weighted by atomic mass is 35.5. The molecule has 3 N–H and O–H groups in total. The summed E-state index contributed by atoms with van der Waals surface area (Å²) in [5.41, 5.74) is 2.73. The van der Waals surface area contributed by atoms with Gasteiger partial charge in [-0.05, 0) is 108 Å². The van der Waals surface area contributed by atoms with Gasteiger partial charge in [-0.2, -0.15) is 0 Å². The van der Waals surface area contributed by atoms with Crippen LogP contribution >= 0.6 is 11.6 Å². The van der Waals surface area contributed by atoms with Crippen molar-refractivity contribution in [1.82, 2.24) is 10.2 Å². The molecule has 2 unspecified atom stereocenters. The van der Waals surface area contributed by atoms with Gasteiger partial charge in [-0.3, -0.25) is 9.59 Å². The molecule has 0 aliphatic rings. The lowest BCUT2D eigenvalue weighted by molar-refractivity contribution is -0.146. The van der Waals surface area contributed by atoms with Crippen LogP contribution in [0.3, 0.4) is 0 Å². The third kappa shape index (κ3) is 8.76. The monoisotopic (exact) mass is 621 g/mol. The molecule has 8 nitrogen and oxygen atoms in total. The molecular weight excluding hydrogens is 578 g/mol. The Morgan fingerprint density at radius 2 is 1.48 bits per heavy atom. The normalized spacial score (nSPS) is 13.0. The van der Waals surface area contributed by atoms with Crippen molar-refractivity contribution in [3.63, 3.8) is 0 Å². The zero-order valence-electron chi connectivity index (χ0n) is 27.0. The molecule has 0 radical (unpaired) electrons. The van der Waals surface area contributed by atoms with Gasteiger partial charge >= 0.3 is 6.09 Å². The molecule has 2 atom stereocenters. The summed E-state index contributed by atoms with van der Waals surface area (Å²) < 4.78 is 5.52. The molecular formula is C35H44ClN3O5. The van der Waals surface area contributed by atoms with E-state index in [2.05, 4.69) is 10.6 Å². The van der Waals surface area contributed by atoms with Gasteiger partial charge in [0.1, 0.15) is 23.4 Å². The topological polar surface area (TPSA) is 108 Å². The van der Waals surface area contributed by atoms with Crippen LogP contribution in [0.5, 0.6) is 5.75 Å². The third-order valence-corrected chi connectivity index (χ3v) is 7.56. The molecule has 9 heteroatoms. The van der Waals surface area contributed by atoms with Crippen molar-refractivity contribution in [2.24, 2.45) is 0 Å². The van der Waals surface area contributed by atoms with Crippen LogP contribution in [0.25, 0.3) is 0 Å². The standard InChI is InChI=1S/C35H44ClN3O5/c1-21-12-10-14-26(23(21)3)30(31(41)38-29-22(2)13-11-15-27(29)36)39(34(4,5)6)32(42)28(37-33(43)44-35(7,8)9)20-24-16-18-25(40)19-17-24/h10-19,28,30,40H,20H2,1-9H3,(H,37,43)(H,38,41). The number of rotatable bonds is 8. The highest BCUT2D eigenvalue weighted by Crippen LogP contribution is 2.35. The van der Waals surface area contributed by atoms with Crippen molar-refractivity contribution in [1.29, 1.82) is 0 Å². The number of anilines is 1. The number of halogens is 1. The average Bonchev–Trinajstić information content (AvgIpc) is 2.90. The minimum Gasteiger partial charge on any atom is -0.508 e.